The monoisotopic (exact) mass is 345 g/mol. The van der Waals surface area contributed by atoms with Gasteiger partial charge in [0.1, 0.15) is 5.69 Å². The zero-order chi connectivity index (χ0) is 18.2. The highest BCUT2D eigenvalue weighted by Gasteiger charge is 2.08. The van der Waals surface area contributed by atoms with E-state index in [-0.39, 0.29) is 5.91 Å². The maximum absolute atomic E-state index is 12.3. The molecule has 0 unspecified atom stereocenters. The lowest BCUT2D eigenvalue weighted by molar-refractivity contribution is 0.0948. The molecule has 4 heteroatoms. The molecule has 0 fully saturated rings. The van der Waals surface area contributed by atoms with Crippen molar-refractivity contribution in [3.63, 3.8) is 0 Å². The van der Waals surface area contributed by atoms with E-state index in [0.717, 1.165) is 29.8 Å². The van der Waals surface area contributed by atoms with Gasteiger partial charge in [0.2, 0.25) is 0 Å². The van der Waals surface area contributed by atoms with E-state index in [1.807, 2.05) is 55.5 Å². The van der Waals surface area contributed by atoms with Crippen molar-refractivity contribution in [3.05, 3.63) is 89.7 Å². The van der Waals surface area contributed by atoms with E-state index >= 15 is 0 Å². The highest BCUT2D eigenvalue weighted by Crippen LogP contribution is 2.20. The van der Waals surface area contributed by atoms with Gasteiger partial charge in [0.15, 0.2) is 0 Å². The first-order valence-corrected chi connectivity index (χ1v) is 8.83. The number of carbonyl (C=O) groups excluding carboxylic acids is 1. The van der Waals surface area contributed by atoms with Gasteiger partial charge in [0, 0.05) is 24.1 Å². The minimum absolute atomic E-state index is 0.147. The standard InChI is InChI=1S/C22H23N3O/c1-17-8-5-6-12-20(17)25-19-13-15-23-21(16-19)22(26)24-14-7-11-18-9-3-2-4-10-18/h2-6,8-10,12-13,15-16H,7,11,14H2,1H3,(H,23,25)(H,24,26). The lowest BCUT2D eigenvalue weighted by Gasteiger charge is -2.10. The second-order valence-corrected chi connectivity index (χ2v) is 6.21. The predicted octanol–water partition coefficient (Wildman–Crippen LogP) is 4.50. The number of pyridine rings is 1. The zero-order valence-electron chi connectivity index (χ0n) is 14.9. The molecule has 0 aliphatic rings. The Bertz CT molecular complexity index is 862. The molecule has 132 valence electrons. The van der Waals surface area contributed by atoms with Crippen molar-refractivity contribution in [2.75, 3.05) is 11.9 Å². The molecule has 0 aliphatic carbocycles. The Balaban J connectivity index is 1.54. The lowest BCUT2D eigenvalue weighted by Crippen LogP contribution is -2.25. The molecule has 0 radical (unpaired) electrons. The Hall–Kier alpha value is -3.14. The van der Waals surface area contributed by atoms with Crippen LogP contribution in [0.25, 0.3) is 0 Å². The number of para-hydroxylation sites is 1. The van der Waals surface area contributed by atoms with Crippen molar-refractivity contribution < 1.29 is 4.79 Å². The maximum Gasteiger partial charge on any atom is 0.269 e. The van der Waals surface area contributed by atoms with Gasteiger partial charge in [-0.15, -0.1) is 0 Å². The smallest absolute Gasteiger partial charge is 0.269 e. The number of carbonyl (C=O) groups is 1. The van der Waals surface area contributed by atoms with Gasteiger partial charge in [-0.1, -0.05) is 48.5 Å². The van der Waals surface area contributed by atoms with Crippen molar-refractivity contribution in [3.8, 4) is 0 Å². The van der Waals surface area contributed by atoms with E-state index in [1.54, 1.807) is 12.3 Å². The summed E-state index contributed by atoms with van der Waals surface area (Å²) in [7, 11) is 0. The van der Waals surface area contributed by atoms with Gasteiger partial charge in [-0.25, -0.2) is 0 Å². The molecule has 2 N–H and O–H groups in total. The van der Waals surface area contributed by atoms with Crippen LogP contribution in [0.1, 0.15) is 28.0 Å². The molecule has 4 nitrogen and oxygen atoms in total. The summed E-state index contributed by atoms with van der Waals surface area (Å²) in [5.74, 6) is -0.147. The second kappa shape index (κ2) is 8.81. The fourth-order valence-corrected chi connectivity index (χ4v) is 2.73. The predicted molar refractivity (Wildman–Crippen MR) is 106 cm³/mol. The third-order valence-corrected chi connectivity index (χ3v) is 4.19. The zero-order valence-corrected chi connectivity index (χ0v) is 14.9. The minimum atomic E-state index is -0.147. The number of hydrogen-bond donors (Lipinski definition) is 2. The van der Waals surface area contributed by atoms with E-state index in [9.17, 15) is 4.79 Å². The summed E-state index contributed by atoms with van der Waals surface area (Å²) >= 11 is 0. The lowest BCUT2D eigenvalue weighted by atomic mass is 10.1. The van der Waals surface area contributed by atoms with E-state index in [1.165, 1.54) is 5.56 Å². The first kappa shape index (κ1) is 17.7. The van der Waals surface area contributed by atoms with E-state index in [2.05, 4.69) is 27.8 Å². The van der Waals surface area contributed by atoms with Crippen LogP contribution in [0.2, 0.25) is 0 Å². The van der Waals surface area contributed by atoms with Gasteiger partial charge in [-0.3, -0.25) is 9.78 Å². The molecule has 3 rings (SSSR count). The number of anilines is 2. The molecule has 1 heterocycles. The number of aromatic nitrogens is 1. The number of amides is 1. The van der Waals surface area contributed by atoms with Crippen LogP contribution in [0, 0.1) is 6.92 Å². The molecule has 0 bridgehead atoms. The van der Waals surface area contributed by atoms with Crippen LogP contribution in [0.3, 0.4) is 0 Å². The van der Waals surface area contributed by atoms with Crippen LogP contribution < -0.4 is 10.6 Å². The molecule has 1 amide bonds. The number of hydrogen-bond acceptors (Lipinski definition) is 3. The Morgan fingerprint density at radius 2 is 1.77 bits per heavy atom. The summed E-state index contributed by atoms with van der Waals surface area (Å²) in [6, 6.07) is 22.0. The highest BCUT2D eigenvalue weighted by atomic mass is 16.1. The first-order valence-electron chi connectivity index (χ1n) is 8.83. The van der Waals surface area contributed by atoms with Gasteiger partial charge in [0.05, 0.1) is 0 Å². The Kier molecular flexibility index (Phi) is 5.99. The molecule has 0 aliphatic heterocycles. The quantitative estimate of drug-likeness (QED) is 0.620. The number of aryl methyl sites for hydroxylation is 2. The largest absolute Gasteiger partial charge is 0.355 e. The van der Waals surface area contributed by atoms with Crippen molar-refractivity contribution in [1.82, 2.24) is 10.3 Å². The van der Waals surface area contributed by atoms with Gasteiger partial charge >= 0.3 is 0 Å². The van der Waals surface area contributed by atoms with Gasteiger partial charge in [0.25, 0.3) is 5.91 Å². The summed E-state index contributed by atoms with van der Waals surface area (Å²) in [6.07, 6.45) is 3.50. The molecule has 0 saturated carbocycles. The van der Waals surface area contributed by atoms with Crippen molar-refractivity contribution in [2.24, 2.45) is 0 Å². The van der Waals surface area contributed by atoms with Crippen LogP contribution in [0.5, 0.6) is 0 Å². The Morgan fingerprint density at radius 1 is 1.00 bits per heavy atom. The Morgan fingerprint density at radius 3 is 2.58 bits per heavy atom. The Labute approximate surface area is 154 Å². The summed E-state index contributed by atoms with van der Waals surface area (Å²) in [5, 5.41) is 6.28. The number of nitrogens with one attached hydrogen (secondary N) is 2. The third kappa shape index (κ3) is 4.93. The fourth-order valence-electron chi connectivity index (χ4n) is 2.73. The number of benzene rings is 2. The molecule has 3 aromatic rings. The van der Waals surface area contributed by atoms with Crippen molar-refractivity contribution >= 4 is 17.3 Å². The SMILES string of the molecule is Cc1ccccc1Nc1ccnc(C(=O)NCCCc2ccccc2)c1. The molecule has 0 saturated heterocycles. The van der Waals surface area contributed by atoms with Crippen LogP contribution in [-0.4, -0.2) is 17.4 Å². The summed E-state index contributed by atoms with van der Waals surface area (Å²) in [6.45, 7) is 2.68. The van der Waals surface area contributed by atoms with Crippen LogP contribution in [-0.2, 0) is 6.42 Å². The van der Waals surface area contributed by atoms with E-state index in [0.29, 0.717) is 12.2 Å². The molecule has 0 atom stereocenters. The second-order valence-electron chi connectivity index (χ2n) is 6.21. The van der Waals surface area contributed by atoms with Crippen LogP contribution >= 0.6 is 0 Å². The van der Waals surface area contributed by atoms with Gasteiger partial charge < -0.3 is 10.6 Å². The topological polar surface area (TPSA) is 54.0 Å². The summed E-state index contributed by atoms with van der Waals surface area (Å²) in [4.78, 5) is 16.5. The highest BCUT2D eigenvalue weighted by molar-refractivity contribution is 5.93. The van der Waals surface area contributed by atoms with Crippen molar-refractivity contribution in [2.45, 2.75) is 19.8 Å². The average Bonchev–Trinajstić information content (AvgIpc) is 2.68. The number of rotatable bonds is 7. The fraction of sp³-hybridized carbons (Fsp3) is 0.182. The molecule has 2 aromatic carbocycles. The molecular formula is C22H23N3O. The normalized spacial score (nSPS) is 10.3. The molecule has 26 heavy (non-hydrogen) atoms. The molecule has 1 aromatic heterocycles. The van der Waals surface area contributed by atoms with E-state index in [4.69, 9.17) is 0 Å². The average molecular weight is 345 g/mol. The van der Waals surface area contributed by atoms with Crippen LogP contribution in [0.4, 0.5) is 11.4 Å². The minimum Gasteiger partial charge on any atom is -0.355 e. The van der Waals surface area contributed by atoms with E-state index < -0.39 is 0 Å². The molecule has 0 spiro atoms. The van der Waals surface area contributed by atoms with Gasteiger partial charge in [-0.2, -0.15) is 0 Å². The van der Waals surface area contributed by atoms with Crippen LogP contribution in [0.15, 0.2) is 72.9 Å². The summed E-state index contributed by atoms with van der Waals surface area (Å²) < 4.78 is 0. The van der Waals surface area contributed by atoms with Crippen molar-refractivity contribution in [1.29, 1.82) is 0 Å². The third-order valence-electron chi connectivity index (χ3n) is 4.19. The summed E-state index contributed by atoms with van der Waals surface area (Å²) in [5.41, 5.74) is 4.72. The molecular weight excluding hydrogens is 322 g/mol. The number of nitrogens with zero attached hydrogens (tertiary/aromatic N) is 1. The maximum atomic E-state index is 12.3. The van der Waals surface area contributed by atoms with Gasteiger partial charge in [-0.05, 0) is 49.1 Å². The first-order chi connectivity index (χ1) is 12.7.